The van der Waals surface area contributed by atoms with E-state index in [0.717, 1.165) is 44.8 Å². The van der Waals surface area contributed by atoms with E-state index in [0.29, 0.717) is 0 Å². The second-order valence-electron chi connectivity index (χ2n) is 5.16. The van der Waals surface area contributed by atoms with E-state index >= 15 is 0 Å². The van der Waals surface area contributed by atoms with Crippen molar-refractivity contribution in [3.05, 3.63) is 29.8 Å². The molecule has 3 rings (SSSR count). The van der Waals surface area contributed by atoms with Crippen molar-refractivity contribution in [2.45, 2.75) is 31.1 Å². The molecule has 19 heavy (non-hydrogen) atoms. The van der Waals surface area contributed by atoms with Crippen molar-refractivity contribution >= 4 is 0 Å². The molecule has 0 radical (unpaired) electrons. The Morgan fingerprint density at radius 3 is 2.84 bits per heavy atom. The molecule has 4 nitrogen and oxygen atoms in total. The Bertz CT molecular complexity index is 424. The van der Waals surface area contributed by atoms with Gasteiger partial charge >= 0.3 is 0 Å². The molecule has 4 heteroatoms. The van der Waals surface area contributed by atoms with E-state index in [1.807, 2.05) is 18.2 Å². The number of benzene rings is 1. The number of hydrogen-bond donors (Lipinski definition) is 1. The van der Waals surface area contributed by atoms with Crippen molar-refractivity contribution in [2.24, 2.45) is 0 Å². The predicted molar refractivity (Wildman–Crippen MR) is 72.2 cm³/mol. The van der Waals surface area contributed by atoms with Gasteiger partial charge in [0.05, 0.1) is 20.3 Å². The molecular weight excluding hydrogens is 242 g/mol. The summed E-state index contributed by atoms with van der Waals surface area (Å²) in [7, 11) is 1.71. The van der Waals surface area contributed by atoms with E-state index in [-0.39, 0.29) is 6.04 Å². The minimum Gasteiger partial charge on any atom is -0.496 e. The van der Waals surface area contributed by atoms with Crippen LogP contribution in [0.5, 0.6) is 5.75 Å². The van der Waals surface area contributed by atoms with Crippen LogP contribution in [0.15, 0.2) is 24.3 Å². The maximum Gasteiger partial charge on any atom is 0.171 e. The summed E-state index contributed by atoms with van der Waals surface area (Å²) in [5, 5.41) is 3.54. The van der Waals surface area contributed by atoms with Gasteiger partial charge in [0.2, 0.25) is 0 Å². The summed E-state index contributed by atoms with van der Waals surface area (Å²) >= 11 is 0. The second-order valence-corrected chi connectivity index (χ2v) is 5.16. The van der Waals surface area contributed by atoms with Crippen LogP contribution in [0.2, 0.25) is 0 Å². The van der Waals surface area contributed by atoms with Crippen molar-refractivity contribution < 1.29 is 14.2 Å². The lowest BCUT2D eigenvalue weighted by Crippen LogP contribution is -2.49. The molecule has 2 heterocycles. The highest BCUT2D eigenvalue weighted by molar-refractivity contribution is 5.36. The maximum atomic E-state index is 5.93. The SMILES string of the molecule is COc1ccccc1C1CC2(CCN1)OCCCO2. The lowest BCUT2D eigenvalue weighted by atomic mass is 9.91. The Kier molecular flexibility index (Phi) is 3.73. The number of methoxy groups -OCH3 is 1. The Labute approximate surface area is 114 Å². The number of para-hydroxylation sites is 1. The van der Waals surface area contributed by atoms with Gasteiger partial charge in [-0.3, -0.25) is 0 Å². The molecule has 1 spiro atoms. The monoisotopic (exact) mass is 263 g/mol. The lowest BCUT2D eigenvalue weighted by Gasteiger charge is -2.43. The van der Waals surface area contributed by atoms with Crippen LogP contribution in [0.3, 0.4) is 0 Å². The van der Waals surface area contributed by atoms with E-state index in [2.05, 4.69) is 11.4 Å². The highest BCUT2D eigenvalue weighted by Crippen LogP contribution is 2.38. The summed E-state index contributed by atoms with van der Waals surface area (Å²) in [6.45, 7) is 2.51. The fraction of sp³-hybridized carbons (Fsp3) is 0.600. The zero-order valence-corrected chi connectivity index (χ0v) is 11.4. The third-order valence-corrected chi connectivity index (χ3v) is 3.95. The van der Waals surface area contributed by atoms with Crippen LogP contribution in [-0.4, -0.2) is 32.7 Å². The molecule has 1 unspecified atom stereocenters. The van der Waals surface area contributed by atoms with Crippen molar-refractivity contribution in [3.63, 3.8) is 0 Å². The molecule has 0 aliphatic carbocycles. The van der Waals surface area contributed by atoms with Crippen LogP contribution in [0.4, 0.5) is 0 Å². The summed E-state index contributed by atoms with van der Waals surface area (Å²) in [6.07, 6.45) is 2.75. The molecule has 1 N–H and O–H groups in total. The third kappa shape index (κ3) is 2.61. The fourth-order valence-electron chi connectivity index (χ4n) is 2.98. The second kappa shape index (κ2) is 5.49. The Morgan fingerprint density at radius 2 is 2.05 bits per heavy atom. The molecule has 2 saturated heterocycles. The van der Waals surface area contributed by atoms with Crippen LogP contribution in [0.1, 0.15) is 30.9 Å². The Balaban J connectivity index is 1.81. The third-order valence-electron chi connectivity index (χ3n) is 3.95. The molecule has 1 aromatic carbocycles. The van der Waals surface area contributed by atoms with Crippen molar-refractivity contribution in [1.29, 1.82) is 0 Å². The summed E-state index contributed by atoms with van der Waals surface area (Å²) in [5.74, 6) is 0.530. The van der Waals surface area contributed by atoms with Gasteiger partial charge in [-0.15, -0.1) is 0 Å². The van der Waals surface area contributed by atoms with E-state index < -0.39 is 5.79 Å². The zero-order valence-electron chi connectivity index (χ0n) is 11.4. The Morgan fingerprint density at radius 1 is 1.26 bits per heavy atom. The van der Waals surface area contributed by atoms with Gasteiger partial charge in [0, 0.05) is 31.0 Å². The van der Waals surface area contributed by atoms with Crippen LogP contribution in [0.25, 0.3) is 0 Å². The highest BCUT2D eigenvalue weighted by Gasteiger charge is 2.40. The van der Waals surface area contributed by atoms with Crippen molar-refractivity contribution in [2.75, 3.05) is 26.9 Å². The molecule has 0 bridgehead atoms. The van der Waals surface area contributed by atoms with E-state index in [4.69, 9.17) is 14.2 Å². The van der Waals surface area contributed by atoms with Crippen LogP contribution < -0.4 is 10.1 Å². The molecule has 2 aliphatic rings. The van der Waals surface area contributed by atoms with Gasteiger partial charge in [0.1, 0.15) is 5.75 Å². The number of hydrogen-bond acceptors (Lipinski definition) is 4. The fourth-order valence-corrected chi connectivity index (χ4v) is 2.98. The van der Waals surface area contributed by atoms with Gasteiger partial charge in [-0.05, 0) is 12.5 Å². The highest BCUT2D eigenvalue weighted by atomic mass is 16.7. The van der Waals surface area contributed by atoms with Crippen LogP contribution in [0, 0.1) is 0 Å². The summed E-state index contributed by atoms with van der Waals surface area (Å²) in [5.41, 5.74) is 1.18. The van der Waals surface area contributed by atoms with Crippen LogP contribution >= 0.6 is 0 Å². The first-order valence-electron chi connectivity index (χ1n) is 6.97. The molecule has 104 valence electrons. The lowest BCUT2D eigenvalue weighted by molar-refractivity contribution is -0.281. The largest absolute Gasteiger partial charge is 0.496 e. The molecule has 0 aromatic heterocycles. The smallest absolute Gasteiger partial charge is 0.171 e. The summed E-state index contributed by atoms with van der Waals surface area (Å²) in [4.78, 5) is 0. The minimum absolute atomic E-state index is 0.225. The average Bonchev–Trinajstić information content (AvgIpc) is 2.48. The quantitative estimate of drug-likeness (QED) is 0.888. The number of nitrogens with one attached hydrogen (secondary N) is 1. The normalized spacial score (nSPS) is 26.3. The van der Waals surface area contributed by atoms with Gasteiger partial charge in [-0.25, -0.2) is 0 Å². The van der Waals surface area contributed by atoms with Gasteiger partial charge < -0.3 is 19.5 Å². The maximum absolute atomic E-state index is 5.93. The van der Waals surface area contributed by atoms with Gasteiger partial charge in [0.25, 0.3) is 0 Å². The topological polar surface area (TPSA) is 39.7 Å². The van der Waals surface area contributed by atoms with E-state index in [1.54, 1.807) is 7.11 Å². The first-order chi connectivity index (χ1) is 9.33. The molecule has 0 saturated carbocycles. The molecule has 2 fully saturated rings. The predicted octanol–water partition coefficient (Wildman–Crippen LogP) is 2.25. The molecule has 1 atom stereocenters. The number of rotatable bonds is 2. The zero-order chi connectivity index (χ0) is 13.1. The van der Waals surface area contributed by atoms with Gasteiger partial charge in [-0.1, -0.05) is 18.2 Å². The number of piperidine rings is 1. The van der Waals surface area contributed by atoms with E-state index in [1.165, 1.54) is 5.56 Å². The molecular formula is C15H21NO3. The first kappa shape index (κ1) is 12.9. The molecule has 0 amide bonds. The van der Waals surface area contributed by atoms with Crippen molar-refractivity contribution in [3.8, 4) is 5.75 Å². The average molecular weight is 263 g/mol. The standard InChI is InChI=1S/C15H21NO3/c1-17-14-6-3-2-5-12(14)13-11-15(7-8-16-13)18-9-4-10-19-15/h2-3,5-6,13,16H,4,7-11H2,1H3. The molecule has 1 aromatic rings. The van der Waals surface area contributed by atoms with Gasteiger partial charge in [-0.2, -0.15) is 0 Å². The summed E-state index contributed by atoms with van der Waals surface area (Å²) in [6, 6.07) is 8.37. The van der Waals surface area contributed by atoms with E-state index in [9.17, 15) is 0 Å². The number of ether oxygens (including phenoxy) is 3. The van der Waals surface area contributed by atoms with Gasteiger partial charge in [0.15, 0.2) is 5.79 Å². The Hall–Kier alpha value is -1.10. The summed E-state index contributed by atoms with van der Waals surface area (Å²) < 4.78 is 17.3. The molecule has 2 aliphatic heterocycles. The minimum atomic E-state index is -0.394. The first-order valence-corrected chi connectivity index (χ1v) is 6.97. The van der Waals surface area contributed by atoms with Crippen molar-refractivity contribution in [1.82, 2.24) is 5.32 Å². The van der Waals surface area contributed by atoms with Crippen LogP contribution in [-0.2, 0) is 9.47 Å².